The van der Waals surface area contributed by atoms with E-state index in [0.717, 1.165) is 27.3 Å². The van der Waals surface area contributed by atoms with Crippen molar-refractivity contribution in [3.05, 3.63) is 64.2 Å². The first kappa shape index (κ1) is 27.7. The summed E-state index contributed by atoms with van der Waals surface area (Å²) in [7, 11) is -3.77. The van der Waals surface area contributed by atoms with E-state index in [1.165, 1.54) is 4.90 Å². The van der Waals surface area contributed by atoms with Crippen LogP contribution >= 0.6 is 11.6 Å². The van der Waals surface area contributed by atoms with Gasteiger partial charge in [-0.2, -0.15) is 0 Å². The van der Waals surface area contributed by atoms with Crippen molar-refractivity contribution in [3.63, 3.8) is 0 Å². The van der Waals surface area contributed by atoms with Crippen molar-refractivity contribution in [1.29, 1.82) is 0 Å². The molecule has 1 N–H and O–H groups in total. The number of amides is 2. The van der Waals surface area contributed by atoms with E-state index in [9.17, 15) is 18.0 Å². The van der Waals surface area contributed by atoms with Gasteiger partial charge in [-0.05, 0) is 82.5 Å². The lowest BCUT2D eigenvalue weighted by Gasteiger charge is -2.33. The number of benzene rings is 2. The molecule has 2 rings (SSSR count). The minimum atomic E-state index is -3.77. The molecule has 2 aromatic carbocycles. The predicted molar refractivity (Wildman–Crippen MR) is 137 cm³/mol. The number of hydrogen-bond donors (Lipinski definition) is 1. The number of sulfonamides is 1. The molecule has 0 heterocycles. The maximum Gasteiger partial charge on any atom is 0.244 e. The van der Waals surface area contributed by atoms with Gasteiger partial charge in [0.25, 0.3) is 0 Å². The minimum absolute atomic E-state index is 0.0999. The lowest BCUT2D eigenvalue weighted by molar-refractivity contribution is -0.140. The SMILES string of the molecule is Cc1ccc(N(CC(=O)N(Cc2cccc(Cl)c2)C(C)C(=O)NC(C)(C)C)S(C)(=O)=O)cc1C. The van der Waals surface area contributed by atoms with Gasteiger partial charge in [-0.1, -0.05) is 29.8 Å². The fourth-order valence-electron chi connectivity index (χ4n) is 3.38. The molecule has 0 saturated carbocycles. The van der Waals surface area contributed by atoms with Gasteiger partial charge in [-0.15, -0.1) is 0 Å². The van der Waals surface area contributed by atoms with E-state index in [2.05, 4.69) is 5.32 Å². The molecule has 2 amide bonds. The van der Waals surface area contributed by atoms with Crippen LogP contribution in [0.2, 0.25) is 5.02 Å². The molecule has 7 nitrogen and oxygen atoms in total. The first-order valence-corrected chi connectivity index (χ1v) is 13.2. The van der Waals surface area contributed by atoms with Crippen LogP contribution < -0.4 is 9.62 Å². The van der Waals surface area contributed by atoms with Crippen LogP contribution in [0.3, 0.4) is 0 Å². The van der Waals surface area contributed by atoms with Gasteiger partial charge < -0.3 is 10.2 Å². The molecule has 9 heteroatoms. The van der Waals surface area contributed by atoms with Crippen molar-refractivity contribution in [2.24, 2.45) is 0 Å². The molecule has 0 radical (unpaired) electrons. The molecule has 0 aromatic heterocycles. The standard InChI is InChI=1S/C25H34ClN3O4S/c1-17-11-12-22(13-18(17)2)29(34(7,32)33)16-23(30)28(15-20-9-8-10-21(26)14-20)19(3)24(31)27-25(4,5)6/h8-14,19H,15-16H2,1-7H3,(H,27,31). The van der Waals surface area contributed by atoms with Crippen molar-refractivity contribution in [3.8, 4) is 0 Å². The van der Waals surface area contributed by atoms with Gasteiger partial charge in [0.2, 0.25) is 21.8 Å². The first-order valence-electron chi connectivity index (χ1n) is 11.0. The number of anilines is 1. The highest BCUT2D eigenvalue weighted by molar-refractivity contribution is 7.92. The summed E-state index contributed by atoms with van der Waals surface area (Å²) in [4.78, 5) is 27.8. The fraction of sp³-hybridized carbons (Fsp3) is 0.440. The van der Waals surface area contributed by atoms with E-state index >= 15 is 0 Å². The highest BCUT2D eigenvalue weighted by atomic mass is 35.5. The number of hydrogen-bond acceptors (Lipinski definition) is 4. The van der Waals surface area contributed by atoms with E-state index in [-0.39, 0.29) is 12.5 Å². The number of nitrogens with one attached hydrogen (secondary N) is 1. The van der Waals surface area contributed by atoms with Crippen LogP contribution in [-0.2, 0) is 26.2 Å². The quantitative estimate of drug-likeness (QED) is 0.583. The van der Waals surface area contributed by atoms with Crippen molar-refractivity contribution in [1.82, 2.24) is 10.2 Å². The Kier molecular flexibility index (Phi) is 8.77. The molecule has 0 bridgehead atoms. The maximum atomic E-state index is 13.5. The van der Waals surface area contributed by atoms with E-state index in [1.54, 1.807) is 43.3 Å². The van der Waals surface area contributed by atoms with Gasteiger partial charge in [0.1, 0.15) is 12.6 Å². The van der Waals surface area contributed by atoms with Crippen LogP contribution in [0.5, 0.6) is 0 Å². The average Bonchev–Trinajstić information content (AvgIpc) is 2.69. The monoisotopic (exact) mass is 507 g/mol. The maximum absolute atomic E-state index is 13.5. The van der Waals surface area contributed by atoms with Crippen LogP contribution in [0.25, 0.3) is 0 Å². The molecule has 0 saturated heterocycles. The molecule has 1 atom stereocenters. The molecular formula is C25H34ClN3O4S. The first-order chi connectivity index (χ1) is 15.6. The minimum Gasteiger partial charge on any atom is -0.350 e. The molecule has 2 aromatic rings. The summed E-state index contributed by atoms with van der Waals surface area (Å²) < 4.78 is 26.3. The summed E-state index contributed by atoms with van der Waals surface area (Å²) in [6.07, 6.45) is 1.06. The smallest absolute Gasteiger partial charge is 0.244 e. The molecule has 0 aliphatic rings. The van der Waals surface area contributed by atoms with Crippen molar-refractivity contribution in [2.45, 2.75) is 59.7 Å². The Morgan fingerprint density at radius 1 is 1.06 bits per heavy atom. The van der Waals surface area contributed by atoms with E-state index in [1.807, 2.05) is 40.7 Å². The number of aryl methyl sites for hydroxylation is 2. The lowest BCUT2D eigenvalue weighted by atomic mass is 10.1. The number of carbonyl (C=O) groups is 2. The molecule has 1 unspecified atom stereocenters. The Bertz CT molecular complexity index is 1160. The zero-order valence-electron chi connectivity index (χ0n) is 20.8. The van der Waals surface area contributed by atoms with Crippen LogP contribution in [0.1, 0.15) is 44.4 Å². The molecule has 0 aliphatic heterocycles. The number of carbonyl (C=O) groups excluding carboxylic acids is 2. The van der Waals surface area contributed by atoms with Gasteiger partial charge in [0.15, 0.2) is 0 Å². The van der Waals surface area contributed by atoms with Crippen LogP contribution in [-0.4, -0.2) is 49.5 Å². The summed E-state index contributed by atoms with van der Waals surface area (Å²) >= 11 is 6.12. The van der Waals surface area contributed by atoms with Crippen molar-refractivity contribution >= 4 is 39.1 Å². The zero-order valence-corrected chi connectivity index (χ0v) is 22.4. The zero-order chi connectivity index (χ0) is 25.8. The predicted octanol–water partition coefficient (Wildman–Crippen LogP) is 4.05. The van der Waals surface area contributed by atoms with E-state index < -0.39 is 34.1 Å². The average molecular weight is 508 g/mol. The van der Waals surface area contributed by atoms with Gasteiger partial charge in [-0.3, -0.25) is 13.9 Å². The summed E-state index contributed by atoms with van der Waals surface area (Å²) in [5.41, 5.74) is 2.56. The fourth-order valence-corrected chi connectivity index (χ4v) is 4.44. The summed E-state index contributed by atoms with van der Waals surface area (Å²) in [5.74, 6) is -0.833. The Morgan fingerprint density at radius 3 is 2.24 bits per heavy atom. The Labute approximate surface area is 208 Å². The number of nitrogens with zero attached hydrogens (tertiary/aromatic N) is 2. The van der Waals surface area contributed by atoms with Crippen LogP contribution in [0.4, 0.5) is 5.69 Å². The third-order valence-corrected chi connectivity index (χ3v) is 6.74. The second-order valence-corrected chi connectivity index (χ2v) is 11.9. The van der Waals surface area contributed by atoms with Crippen LogP contribution in [0.15, 0.2) is 42.5 Å². The summed E-state index contributed by atoms with van der Waals surface area (Å²) in [5, 5.41) is 3.39. The normalized spacial score (nSPS) is 12.7. The largest absolute Gasteiger partial charge is 0.350 e. The van der Waals surface area contributed by atoms with E-state index in [0.29, 0.717) is 10.7 Å². The summed E-state index contributed by atoms with van der Waals surface area (Å²) in [6.45, 7) is 10.7. The molecular weight excluding hydrogens is 474 g/mol. The number of halogens is 1. The molecule has 34 heavy (non-hydrogen) atoms. The molecule has 186 valence electrons. The lowest BCUT2D eigenvalue weighted by Crippen LogP contribution is -2.54. The molecule has 0 fully saturated rings. The van der Waals surface area contributed by atoms with E-state index in [4.69, 9.17) is 11.6 Å². The van der Waals surface area contributed by atoms with Gasteiger partial charge >= 0.3 is 0 Å². The second-order valence-electron chi connectivity index (χ2n) is 9.60. The third-order valence-electron chi connectivity index (χ3n) is 5.37. The van der Waals surface area contributed by atoms with Gasteiger partial charge in [-0.25, -0.2) is 8.42 Å². The third kappa shape index (κ3) is 7.74. The van der Waals surface area contributed by atoms with Gasteiger partial charge in [0, 0.05) is 17.1 Å². The highest BCUT2D eigenvalue weighted by Crippen LogP contribution is 2.22. The number of rotatable bonds is 8. The topological polar surface area (TPSA) is 86.8 Å². The molecule has 0 spiro atoms. The Morgan fingerprint density at radius 2 is 1.71 bits per heavy atom. The van der Waals surface area contributed by atoms with Gasteiger partial charge in [0.05, 0.1) is 11.9 Å². The second kappa shape index (κ2) is 10.8. The highest BCUT2D eigenvalue weighted by Gasteiger charge is 2.31. The summed E-state index contributed by atoms with van der Waals surface area (Å²) in [6, 6.07) is 11.4. The van der Waals surface area contributed by atoms with Crippen molar-refractivity contribution in [2.75, 3.05) is 17.1 Å². The Hall–Kier alpha value is -2.58. The van der Waals surface area contributed by atoms with Crippen molar-refractivity contribution < 1.29 is 18.0 Å². The Balaban J connectivity index is 2.43. The molecule has 0 aliphatic carbocycles. The van der Waals surface area contributed by atoms with Crippen LogP contribution in [0, 0.1) is 13.8 Å².